The summed E-state index contributed by atoms with van der Waals surface area (Å²) in [5.41, 5.74) is -0.843. The van der Waals surface area contributed by atoms with Crippen LogP contribution < -0.4 is 0 Å². The van der Waals surface area contributed by atoms with Gasteiger partial charge in [0.15, 0.2) is 0 Å². The van der Waals surface area contributed by atoms with Crippen molar-refractivity contribution in [1.82, 2.24) is 0 Å². The van der Waals surface area contributed by atoms with Crippen LogP contribution in [0.4, 0.5) is 0 Å². The van der Waals surface area contributed by atoms with Gasteiger partial charge in [-0.05, 0) is 19.3 Å². The second-order valence-corrected chi connectivity index (χ2v) is 3.50. The predicted octanol–water partition coefficient (Wildman–Crippen LogP) is 0.781. The summed E-state index contributed by atoms with van der Waals surface area (Å²) in [6.45, 7) is 2.40. The SMILES string of the molecule is CCC1(CC(=O)O)OCCCC1O. The van der Waals surface area contributed by atoms with Crippen molar-refractivity contribution >= 4 is 5.97 Å². The number of aliphatic carboxylic acids is 1. The summed E-state index contributed by atoms with van der Waals surface area (Å²) in [5.74, 6) is -0.914. The number of carboxylic acids is 1. The number of aliphatic hydroxyl groups excluding tert-OH is 1. The fraction of sp³-hybridized carbons (Fsp3) is 0.889. The largest absolute Gasteiger partial charge is 0.481 e. The third-order valence-electron chi connectivity index (χ3n) is 2.67. The summed E-state index contributed by atoms with van der Waals surface area (Å²) in [5, 5.41) is 18.4. The maximum absolute atomic E-state index is 10.6. The van der Waals surface area contributed by atoms with Gasteiger partial charge in [0.05, 0.1) is 12.5 Å². The van der Waals surface area contributed by atoms with E-state index in [0.717, 1.165) is 6.42 Å². The van der Waals surface area contributed by atoms with Crippen molar-refractivity contribution < 1.29 is 19.7 Å². The Morgan fingerprint density at radius 3 is 2.85 bits per heavy atom. The molecule has 2 N–H and O–H groups in total. The number of hydrogen-bond acceptors (Lipinski definition) is 3. The highest BCUT2D eigenvalue weighted by molar-refractivity contribution is 5.68. The lowest BCUT2D eigenvalue weighted by Gasteiger charge is -2.39. The lowest BCUT2D eigenvalue weighted by molar-refractivity contribution is -0.175. The highest BCUT2D eigenvalue weighted by Crippen LogP contribution is 2.31. The Balaban J connectivity index is 2.69. The van der Waals surface area contributed by atoms with Crippen LogP contribution in [-0.4, -0.2) is 34.5 Å². The van der Waals surface area contributed by atoms with E-state index >= 15 is 0 Å². The molecule has 1 saturated heterocycles. The molecule has 0 aromatic rings. The first kappa shape index (κ1) is 10.5. The van der Waals surface area contributed by atoms with E-state index < -0.39 is 17.7 Å². The third kappa shape index (κ3) is 2.19. The minimum absolute atomic E-state index is 0.106. The first-order valence-electron chi connectivity index (χ1n) is 4.64. The van der Waals surface area contributed by atoms with Crippen molar-refractivity contribution in [1.29, 1.82) is 0 Å². The maximum atomic E-state index is 10.6. The van der Waals surface area contributed by atoms with Crippen molar-refractivity contribution in [2.75, 3.05) is 6.61 Å². The van der Waals surface area contributed by atoms with Gasteiger partial charge in [-0.2, -0.15) is 0 Å². The number of carboxylic acid groups (broad SMARTS) is 1. The van der Waals surface area contributed by atoms with Crippen LogP contribution in [0.5, 0.6) is 0 Å². The zero-order valence-electron chi connectivity index (χ0n) is 7.82. The Morgan fingerprint density at radius 1 is 1.69 bits per heavy atom. The topological polar surface area (TPSA) is 66.8 Å². The number of carbonyl (C=O) groups is 1. The molecule has 0 aromatic carbocycles. The first-order valence-corrected chi connectivity index (χ1v) is 4.64. The molecule has 0 bridgehead atoms. The zero-order chi connectivity index (χ0) is 9.90. The van der Waals surface area contributed by atoms with E-state index in [1.54, 1.807) is 0 Å². The van der Waals surface area contributed by atoms with Gasteiger partial charge < -0.3 is 14.9 Å². The van der Waals surface area contributed by atoms with Crippen LogP contribution in [-0.2, 0) is 9.53 Å². The minimum Gasteiger partial charge on any atom is -0.481 e. The lowest BCUT2D eigenvalue weighted by atomic mass is 9.85. The van der Waals surface area contributed by atoms with E-state index in [-0.39, 0.29) is 6.42 Å². The molecule has 1 fully saturated rings. The number of hydrogen-bond donors (Lipinski definition) is 2. The van der Waals surface area contributed by atoms with Crippen molar-refractivity contribution in [3.05, 3.63) is 0 Å². The van der Waals surface area contributed by atoms with Crippen LogP contribution in [0.3, 0.4) is 0 Å². The summed E-state index contributed by atoms with van der Waals surface area (Å²) in [4.78, 5) is 10.6. The molecule has 2 unspecified atom stereocenters. The van der Waals surface area contributed by atoms with E-state index in [1.165, 1.54) is 0 Å². The Labute approximate surface area is 77.5 Å². The Morgan fingerprint density at radius 2 is 2.38 bits per heavy atom. The van der Waals surface area contributed by atoms with Gasteiger partial charge in [-0.1, -0.05) is 6.92 Å². The molecule has 0 aliphatic carbocycles. The van der Waals surface area contributed by atoms with Crippen LogP contribution in [0.15, 0.2) is 0 Å². The summed E-state index contributed by atoms with van der Waals surface area (Å²) in [6.07, 6.45) is 1.25. The zero-order valence-corrected chi connectivity index (χ0v) is 7.82. The van der Waals surface area contributed by atoms with E-state index in [1.807, 2.05) is 6.92 Å². The monoisotopic (exact) mass is 188 g/mol. The molecular formula is C9H16O4. The van der Waals surface area contributed by atoms with E-state index in [4.69, 9.17) is 9.84 Å². The highest BCUT2D eigenvalue weighted by atomic mass is 16.5. The van der Waals surface area contributed by atoms with Gasteiger partial charge >= 0.3 is 5.97 Å². The Hall–Kier alpha value is -0.610. The van der Waals surface area contributed by atoms with Gasteiger partial charge in [-0.3, -0.25) is 4.79 Å². The summed E-state index contributed by atoms with van der Waals surface area (Å²) in [7, 11) is 0. The van der Waals surface area contributed by atoms with Gasteiger partial charge in [0.1, 0.15) is 5.60 Å². The average molecular weight is 188 g/mol. The third-order valence-corrected chi connectivity index (χ3v) is 2.67. The standard InChI is InChI=1S/C9H16O4/c1-2-9(6-8(11)12)7(10)4-3-5-13-9/h7,10H,2-6H2,1H3,(H,11,12). The average Bonchev–Trinajstić information content (AvgIpc) is 2.08. The summed E-state index contributed by atoms with van der Waals surface area (Å²) < 4.78 is 5.41. The van der Waals surface area contributed by atoms with Gasteiger partial charge in [-0.25, -0.2) is 0 Å². The molecular weight excluding hydrogens is 172 g/mol. The molecule has 1 rings (SSSR count). The lowest BCUT2D eigenvalue weighted by Crippen LogP contribution is -2.49. The van der Waals surface area contributed by atoms with Crippen molar-refractivity contribution in [2.24, 2.45) is 0 Å². The molecule has 76 valence electrons. The molecule has 2 atom stereocenters. The molecule has 0 aromatic heterocycles. The summed E-state index contributed by atoms with van der Waals surface area (Å²) in [6, 6.07) is 0. The minimum atomic E-state index is -0.914. The molecule has 0 radical (unpaired) electrons. The molecule has 1 aliphatic heterocycles. The predicted molar refractivity (Wildman–Crippen MR) is 46.5 cm³/mol. The molecule has 0 amide bonds. The number of aliphatic hydroxyl groups is 1. The van der Waals surface area contributed by atoms with Crippen molar-refractivity contribution in [3.8, 4) is 0 Å². The highest BCUT2D eigenvalue weighted by Gasteiger charge is 2.41. The number of rotatable bonds is 3. The smallest absolute Gasteiger partial charge is 0.306 e. The maximum Gasteiger partial charge on any atom is 0.306 e. The van der Waals surface area contributed by atoms with Crippen molar-refractivity contribution in [3.63, 3.8) is 0 Å². The fourth-order valence-electron chi connectivity index (χ4n) is 1.80. The molecule has 1 heterocycles. The van der Waals surface area contributed by atoms with Crippen LogP contribution in [0.25, 0.3) is 0 Å². The molecule has 13 heavy (non-hydrogen) atoms. The molecule has 0 saturated carbocycles. The second kappa shape index (κ2) is 4.07. The number of ether oxygens (including phenoxy) is 1. The molecule has 4 nitrogen and oxygen atoms in total. The summed E-state index contributed by atoms with van der Waals surface area (Å²) >= 11 is 0. The quantitative estimate of drug-likeness (QED) is 0.686. The fourth-order valence-corrected chi connectivity index (χ4v) is 1.80. The molecule has 4 heteroatoms. The van der Waals surface area contributed by atoms with E-state index in [9.17, 15) is 9.90 Å². The van der Waals surface area contributed by atoms with Gasteiger partial charge in [0, 0.05) is 6.61 Å². The Bertz CT molecular complexity index is 192. The van der Waals surface area contributed by atoms with Crippen LogP contribution in [0.1, 0.15) is 32.6 Å². The molecule has 1 aliphatic rings. The first-order chi connectivity index (χ1) is 6.10. The van der Waals surface area contributed by atoms with E-state index in [0.29, 0.717) is 19.4 Å². The van der Waals surface area contributed by atoms with Gasteiger partial charge in [0.25, 0.3) is 0 Å². The van der Waals surface area contributed by atoms with Crippen LogP contribution in [0, 0.1) is 0 Å². The van der Waals surface area contributed by atoms with Crippen LogP contribution in [0.2, 0.25) is 0 Å². The second-order valence-electron chi connectivity index (χ2n) is 3.50. The van der Waals surface area contributed by atoms with Crippen molar-refractivity contribution in [2.45, 2.75) is 44.3 Å². The molecule has 0 spiro atoms. The van der Waals surface area contributed by atoms with Gasteiger partial charge in [0.2, 0.25) is 0 Å². The Kier molecular flexibility index (Phi) is 3.27. The van der Waals surface area contributed by atoms with Gasteiger partial charge in [-0.15, -0.1) is 0 Å². The van der Waals surface area contributed by atoms with E-state index in [2.05, 4.69) is 0 Å². The normalized spacial score (nSPS) is 34.5. The van der Waals surface area contributed by atoms with Crippen LogP contribution >= 0.6 is 0 Å².